The Balaban J connectivity index is 2.03. The van der Waals surface area contributed by atoms with E-state index in [-0.39, 0.29) is 25.3 Å². The fourth-order valence-electron chi connectivity index (χ4n) is 4.14. The van der Waals surface area contributed by atoms with Crippen LogP contribution in [0.1, 0.15) is 52.0 Å². The van der Waals surface area contributed by atoms with Gasteiger partial charge < -0.3 is 24.8 Å². The minimum Gasteiger partial charge on any atom is -0.492 e. The van der Waals surface area contributed by atoms with E-state index in [1.165, 1.54) is 6.07 Å². The van der Waals surface area contributed by atoms with Gasteiger partial charge in [-0.05, 0) is 55.5 Å². The van der Waals surface area contributed by atoms with Crippen LogP contribution in [0.4, 0.5) is 19.3 Å². The summed E-state index contributed by atoms with van der Waals surface area (Å²) >= 11 is 0. The number of hydrogen-bond acceptors (Lipinski definition) is 4. The molecule has 9 heteroatoms. The van der Waals surface area contributed by atoms with Crippen molar-refractivity contribution >= 4 is 17.7 Å². The predicted molar refractivity (Wildman–Crippen MR) is 139 cm³/mol. The molecule has 1 atom stereocenters. The molecule has 1 unspecified atom stereocenters. The van der Waals surface area contributed by atoms with Crippen molar-refractivity contribution in [2.45, 2.75) is 59.0 Å². The van der Waals surface area contributed by atoms with Crippen LogP contribution >= 0.6 is 0 Å². The van der Waals surface area contributed by atoms with Crippen molar-refractivity contribution in [3.63, 3.8) is 0 Å². The number of urea groups is 1. The highest BCUT2D eigenvalue weighted by atomic mass is 19.1. The first-order valence-electron chi connectivity index (χ1n) is 12.8. The molecule has 0 saturated carbocycles. The van der Waals surface area contributed by atoms with Crippen LogP contribution in [0.15, 0.2) is 42.5 Å². The summed E-state index contributed by atoms with van der Waals surface area (Å²) in [6, 6.07) is 9.61. The molecule has 0 spiro atoms. The van der Waals surface area contributed by atoms with Gasteiger partial charge in [0.1, 0.15) is 24.0 Å². The van der Waals surface area contributed by atoms with Gasteiger partial charge in [0.05, 0.1) is 12.2 Å². The number of benzene rings is 2. The molecule has 0 aliphatic carbocycles. The van der Waals surface area contributed by atoms with Crippen molar-refractivity contribution in [3.05, 3.63) is 59.7 Å². The summed E-state index contributed by atoms with van der Waals surface area (Å²) in [5.41, 5.74) is 0.722. The second-order valence-electron chi connectivity index (χ2n) is 8.92. The van der Waals surface area contributed by atoms with Crippen molar-refractivity contribution in [2.75, 3.05) is 31.6 Å². The number of ether oxygens (including phenoxy) is 2. The molecule has 0 aromatic heterocycles. The number of nitrogens with one attached hydrogen (secondary N) is 1. The van der Waals surface area contributed by atoms with Gasteiger partial charge in [0.25, 0.3) is 0 Å². The van der Waals surface area contributed by atoms with Crippen molar-refractivity contribution in [1.29, 1.82) is 0 Å². The Morgan fingerprint density at radius 3 is 2.27 bits per heavy atom. The first-order chi connectivity index (χ1) is 17.8. The number of carboxylic acid groups (broad SMARTS) is 1. The van der Waals surface area contributed by atoms with Gasteiger partial charge in [0.15, 0.2) is 6.10 Å². The molecule has 204 valence electrons. The van der Waals surface area contributed by atoms with E-state index in [9.17, 15) is 23.5 Å². The zero-order valence-corrected chi connectivity index (χ0v) is 21.8. The lowest BCUT2D eigenvalue weighted by Gasteiger charge is -2.28. The molecule has 37 heavy (non-hydrogen) atoms. The van der Waals surface area contributed by atoms with Gasteiger partial charge in [0.2, 0.25) is 0 Å². The second-order valence-corrected chi connectivity index (χ2v) is 8.92. The number of rotatable bonds is 16. The Labute approximate surface area is 217 Å². The van der Waals surface area contributed by atoms with Crippen LogP contribution in [0.3, 0.4) is 0 Å². The molecule has 2 aromatic carbocycles. The Kier molecular flexibility index (Phi) is 12.8. The molecule has 0 radical (unpaired) electrons. The number of halogens is 2. The van der Waals surface area contributed by atoms with Crippen LogP contribution in [-0.4, -0.2) is 54.4 Å². The molecule has 2 rings (SSSR count). The lowest BCUT2D eigenvalue weighted by molar-refractivity contribution is -0.149. The largest absolute Gasteiger partial charge is 0.492 e. The average Bonchev–Trinajstić information content (AvgIpc) is 2.86. The van der Waals surface area contributed by atoms with Crippen LogP contribution in [0.2, 0.25) is 0 Å². The molecule has 2 N–H and O–H groups in total. The first kappa shape index (κ1) is 30.0. The summed E-state index contributed by atoms with van der Waals surface area (Å²) in [6.07, 6.45) is 3.24. The van der Waals surface area contributed by atoms with Crippen molar-refractivity contribution in [2.24, 2.45) is 5.92 Å². The molecule has 0 bridgehead atoms. The van der Waals surface area contributed by atoms with E-state index in [2.05, 4.69) is 19.2 Å². The Morgan fingerprint density at radius 2 is 1.70 bits per heavy atom. The molecule has 0 saturated heterocycles. The van der Waals surface area contributed by atoms with Crippen molar-refractivity contribution in [3.8, 4) is 5.75 Å². The zero-order valence-electron chi connectivity index (χ0n) is 21.8. The quantitative estimate of drug-likeness (QED) is 0.278. The number of carboxylic acids is 1. The highest BCUT2D eigenvalue weighted by Gasteiger charge is 2.20. The minimum absolute atomic E-state index is 0.0813. The van der Waals surface area contributed by atoms with Crippen LogP contribution < -0.4 is 10.1 Å². The summed E-state index contributed by atoms with van der Waals surface area (Å²) in [4.78, 5) is 25.9. The topological polar surface area (TPSA) is 88.1 Å². The highest BCUT2D eigenvalue weighted by molar-refractivity contribution is 5.89. The summed E-state index contributed by atoms with van der Waals surface area (Å²) in [6.45, 7) is 7.23. The number of carbonyl (C=O) groups is 2. The number of amides is 2. The number of anilines is 1. The maximum absolute atomic E-state index is 14.1. The molecule has 2 amide bonds. The number of nitrogens with zero attached hydrogens (tertiary/aromatic N) is 1. The maximum Gasteiger partial charge on any atom is 0.333 e. The smallest absolute Gasteiger partial charge is 0.333 e. The van der Waals surface area contributed by atoms with Crippen molar-refractivity contribution < 1.29 is 33.0 Å². The molecule has 0 aliphatic rings. The molecule has 0 fully saturated rings. The van der Waals surface area contributed by atoms with E-state index in [4.69, 9.17) is 9.47 Å². The van der Waals surface area contributed by atoms with Gasteiger partial charge in [-0.1, -0.05) is 38.8 Å². The number of hydrogen-bond donors (Lipinski definition) is 2. The van der Waals surface area contributed by atoms with Crippen LogP contribution in [0.5, 0.6) is 5.75 Å². The summed E-state index contributed by atoms with van der Waals surface area (Å²) in [7, 11) is 0. The molecule has 7 nitrogen and oxygen atoms in total. The Hall–Kier alpha value is -3.20. The number of carbonyl (C=O) groups excluding carboxylic acids is 1. The fraction of sp³-hybridized carbons (Fsp3) is 0.500. The van der Waals surface area contributed by atoms with Crippen LogP contribution in [0.25, 0.3) is 0 Å². The lowest BCUT2D eigenvalue weighted by atomic mass is 9.98. The predicted octanol–water partition coefficient (Wildman–Crippen LogP) is 6.13. The van der Waals surface area contributed by atoms with E-state index in [1.54, 1.807) is 36.1 Å². The highest BCUT2D eigenvalue weighted by Crippen LogP contribution is 2.19. The third-order valence-corrected chi connectivity index (χ3v) is 5.95. The van der Waals surface area contributed by atoms with E-state index in [0.717, 1.165) is 43.4 Å². The molecule has 0 aliphatic heterocycles. The zero-order chi connectivity index (χ0) is 27.2. The fourth-order valence-corrected chi connectivity index (χ4v) is 4.14. The molecular formula is C28H38F2N2O5. The van der Waals surface area contributed by atoms with E-state index >= 15 is 0 Å². The average molecular weight is 521 g/mol. The first-order valence-corrected chi connectivity index (χ1v) is 12.8. The van der Waals surface area contributed by atoms with E-state index < -0.39 is 29.7 Å². The van der Waals surface area contributed by atoms with Crippen LogP contribution in [0, 0.1) is 17.6 Å². The van der Waals surface area contributed by atoms with Gasteiger partial charge in [-0.25, -0.2) is 18.4 Å². The lowest BCUT2D eigenvalue weighted by Crippen LogP contribution is -2.41. The summed E-state index contributed by atoms with van der Waals surface area (Å²) in [5.74, 6) is -1.68. The van der Waals surface area contributed by atoms with Gasteiger partial charge in [-0.2, -0.15) is 0 Å². The van der Waals surface area contributed by atoms with Gasteiger partial charge in [0, 0.05) is 25.6 Å². The van der Waals surface area contributed by atoms with Crippen LogP contribution in [-0.2, 0) is 16.0 Å². The third-order valence-electron chi connectivity index (χ3n) is 5.95. The normalized spacial score (nSPS) is 11.8. The van der Waals surface area contributed by atoms with E-state index in [0.29, 0.717) is 24.8 Å². The van der Waals surface area contributed by atoms with E-state index in [1.807, 2.05) is 0 Å². The minimum atomic E-state index is -1.01. The maximum atomic E-state index is 14.1. The number of aliphatic carboxylic acids is 1. The molecule has 2 aromatic rings. The Morgan fingerprint density at radius 1 is 1.03 bits per heavy atom. The van der Waals surface area contributed by atoms with Gasteiger partial charge >= 0.3 is 12.0 Å². The summed E-state index contributed by atoms with van der Waals surface area (Å²) < 4.78 is 38.5. The van der Waals surface area contributed by atoms with Gasteiger partial charge in [-0.15, -0.1) is 0 Å². The second kappa shape index (κ2) is 15.8. The Bertz CT molecular complexity index is 981. The van der Waals surface area contributed by atoms with Crippen molar-refractivity contribution in [1.82, 2.24) is 4.90 Å². The summed E-state index contributed by atoms with van der Waals surface area (Å²) in [5, 5.41) is 11.8. The molecular weight excluding hydrogens is 482 g/mol. The monoisotopic (exact) mass is 520 g/mol. The van der Waals surface area contributed by atoms with Gasteiger partial charge in [-0.3, -0.25) is 0 Å². The standard InChI is InChI=1S/C28H38F2N2O5/c1-4-7-21(8-5-2)19-32(28(35)31-25-14-11-22(29)18-24(25)30)15-16-37-23-12-9-20(10-13-23)17-26(27(33)34)36-6-3/h9-14,18,21,26H,4-8,15-17,19H2,1-3H3,(H,31,35)(H,33,34). The molecule has 0 heterocycles. The third kappa shape index (κ3) is 10.4. The SMILES string of the molecule is CCCC(CCC)CN(CCOc1ccc(CC(OCC)C(=O)O)cc1)C(=O)Nc1ccc(F)cc1F.